The number of hydrogen-bond acceptors (Lipinski definition) is 3. The smallest absolute Gasteiger partial charge is 0.407 e. The Morgan fingerprint density at radius 2 is 2.00 bits per heavy atom. The van der Waals surface area contributed by atoms with Crippen LogP contribution < -0.4 is 5.32 Å². The molecule has 1 N–H and O–H groups in total. The van der Waals surface area contributed by atoms with Crippen LogP contribution >= 0.6 is 0 Å². The van der Waals surface area contributed by atoms with Crippen molar-refractivity contribution in [1.29, 1.82) is 5.26 Å². The maximum Gasteiger partial charge on any atom is 0.407 e. The van der Waals surface area contributed by atoms with Gasteiger partial charge in [0.2, 0.25) is 0 Å². The van der Waals surface area contributed by atoms with Crippen LogP contribution in [0.25, 0.3) is 6.08 Å². The van der Waals surface area contributed by atoms with E-state index in [1.54, 1.807) is 32.9 Å². The maximum absolute atomic E-state index is 13.1. The summed E-state index contributed by atoms with van der Waals surface area (Å²) in [5, 5.41) is 11.4. The first kappa shape index (κ1) is 17.6. The Morgan fingerprint density at radius 1 is 1.36 bits per heavy atom. The van der Waals surface area contributed by atoms with Gasteiger partial charge in [-0.05, 0) is 44.9 Å². The fraction of sp³-hybridized carbons (Fsp3) is 0.375. The number of hydrogen-bond donors (Lipinski definition) is 1. The third-order valence-corrected chi connectivity index (χ3v) is 2.49. The molecule has 1 aromatic carbocycles. The van der Waals surface area contributed by atoms with E-state index in [9.17, 15) is 13.6 Å². The first-order valence-corrected chi connectivity index (χ1v) is 6.75. The standard InChI is InChI=1S/C16H18F2N2O2/c1-16(2,3)22-15(21)20-7-5-4-6-11-8-13(17)14(18)9-12(11)10-19/h4,6,8-9H,5,7H2,1-3H3,(H,20,21). The normalized spacial score (nSPS) is 11.3. The predicted octanol–water partition coefficient (Wildman–Crippen LogP) is 3.76. The van der Waals surface area contributed by atoms with E-state index in [0.29, 0.717) is 18.5 Å². The quantitative estimate of drug-likeness (QED) is 0.861. The molecule has 1 amide bonds. The van der Waals surface area contributed by atoms with Crippen molar-refractivity contribution in [2.24, 2.45) is 0 Å². The lowest BCUT2D eigenvalue weighted by Crippen LogP contribution is -2.32. The summed E-state index contributed by atoms with van der Waals surface area (Å²) in [4.78, 5) is 11.4. The molecule has 0 aliphatic carbocycles. The van der Waals surface area contributed by atoms with Crippen LogP contribution in [0.15, 0.2) is 18.2 Å². The summed E-state index contributed by atoms with van der Waals surface area (Å²) < 4.78 is 31.2. The first-order valence-electron chi connectivity index (χ1n) is 6.75. The van der Waals surface area contributed by atoms with Crippen molar-refractivity contribution < 1.29 is 18.3 Å². The molecular weight excluding hydrogens is 290 g/mol. The molecule has 0 aliphatic rings. The largest absolute Gasteiger partial charge is 0.444 e. The molecule has 1 rings (SSSR count). The summed E-state index contributed by atoms with van der Waals surface area (Å²) in [6, 6.07) is 3.62. The highest BCUT2D eigenvalue weighted by molar-refractivity contribution is 5.67. The minimum Gasteiger partial charge on any atom is -0.444 e. The van der Waals surface area contributed by atoms with Gasteiger partial charge < -0.3 is 10.1 Å². The Kier molecular flexibility index (Phi) is 6.05. The van der Waals surface area contributed by atoms with Crippen molar-refractivity contribution in [3.05, 3.63) is 41.0 Å². The van der Waals surface area contributed by atoms with Gasteiger partial charge in [-0.2, -0.15) is 5.26 Å². The summed E-state index contributed by atoms with van der Waals surface area (Å²) in [6.45, 7) is 5.62. The summed E-state index contributed by atoms with van der Waals surface area (Å²) in [6.07, 6.45) is 3.11. The Labute approximate surface area is 128 Å². The molecule has 0 aliphatic heterocycles. The van der Waals surface area contributed by atoms with E-state index in [1.807, 2.05) is 0 Å². The van der Waals surface area contributed by atoms with E-state index >= 15 is 0 Å². The molecule has 1 aromatic rings. The molecule has 0 radical (unpaired) electrons. The number of carbonyl (C=O) groups is 1. The molecule has 0 heterocycles. The van der Waals surface area contributed by atoms with Crippen LogP contribution in [0.1, 0.15) is 38.3 Å². The van der Waals surface area contributed by atoms with E-state index in [1.165, 1.54) is 6.08 Å². The summed E-state index contributed by atoms with van der Waals surface area (Å²) in [7, 11) is 0. The number of halogens is 2. The molecule has 0 bridgehead atoms. The molecule has 0 unspecified atom stereocenters. The van der Waals surface area contributed by atoms with Crippen LogP contribution in [-0.2, 0) is 4.74 Å². The lowest BCUT2D eigenvalue weighted by molar-refractivity contribution is 0.0529. The van der Waals surface area contributed by atoms with E-state index in [2.05, 4.69) is 5.32 Å². The van der Waals surface area contributed by atoms with Crippen molar-refractivity contribution in [2.75, 3.05) is 6.54 Å². The molecule has 0 saturated carbocycles. The molecule has 0 saturated heterocycles. The SMILES string of the molecule is CC(C)(C)OC(=O)NCCC=Cc1cc(F)c(F)cc1C#N. The summed E-state index contributed by atoms with van der Waals surface area (Å²) in [5.41, 5.74) is -0.221. The number of rotatable bonds is 4. The number of amides is 1. The van der Waals surface area contributed by atoms with Gasteiger partial charge in [0.15, 0.2) is 11.6 Å². The Bertz CT molecular complexity index is 614. The number of ether oxygens (including phenoxy) is 1. The number of nitrogens with one attached hydrogen (secondary N) is 1. The van der Waals surface area contributed by atoms with Gasteiger partial charge >= 0.3 is 6.09 Å². The number of carbonyl (C=O) groups excluding carboxylic acids is 1. The van der Waals surface area contributed by atoms with Gasteiger partial charge in [0.1, 0.15) is 5.60 Å². The second-order valence-corrected chi connectivity index (χ2v) is 5.59. The molecule has 6 heteroatoms. The fourth-order valence-corrected chi connectivity index (χ4v) is 1.58. The number of benzene rings is 1. The second-order valence-electron chi connectivity index (χ2n) is 5.59. The molecule has 0 fully saturated rings. The average molecular weight is 308 g/mol. The molecule has 118 valence electrons. The van der Waals surface area contributed by atoms with Gasteiger partial charge in [-0.15, -0.1) is 0 Å². The van der Waals surface area contributed by atoms with Crippen molar-refractivity contribution in [3.8, 4) is 6.07 Å². The first-order chi connectivity index (χ1) is 10.2. The van der Waals surface area contributed by atoms with E-state index in [-0.39, 0.29) is 5.56 Å². The second kappa shape index (κ2) is 7.55. The van der Waals surface area contributed by atoms with Crippen LogP contribution in [-0.4, -0.2) is 18.2 Å². The minimum absolute atomic E-state index is 0.0512. The fourth-order valence-electron chi connectivity index (χ4n) is 1.58. The number of nitriles is 1. The number of nitrogens with zero attached hydrogens (tertiary/aromatic N) is 1. The Balaban J connectivity index is 2.52. The topological polar surface area (TPSA) is 62.1 Å². The summed E-state index contributed by atoms with van der Waals surface area (Å²) in [5.74, 6) is -2.06. The van der Waals surface area contributed by atoms with Crippen molar-refractivity contribution in [1.82, 2.24) is 5.32 Å². The van der Waals surface area contributed by atoms with Crippen LogP contribution in [0, 0.1) is 23.0 Å². The van der Waals surface area contributed by atoms with E-state index in [4.69, 9.17) is 10.00 Å². The highest BCUT2D eigenvalue weighted by atomic mass is 19.2. The lowest BCUT2D eigenvalue weighted by atomic mass is 10.1. The highest BCUT2D eigenvalue weighted by Gasteiger charge is 2.15. The minimum atomic E-state index is -1.06. The Morgan fingerprint density at radius 3 is 2.59 bits per heavy atom. The van der Waals surface area contributed by atoms with Gasteiger partial charge in [0, 0.05) is 6.54 Å². The lowest BCUT2D eigenvalue weighted by Gasteiger charge is -2.19. The van der Waals surface area contributed by atoms with Crippen LogP contribution in [0.3, 0.4) is 0 Å². The zero-order valence-electron chi connectivity index (χ0n) is 12.7. The monoisotopic (exact) mass is 308 g/mol. The molecule has 0 spiro atoms. The van der Waals surface area contributed by atoms with Gasteiger partial charge in [0.25, 0.3) is 0 Å². The molecule has 0 aromatic heterocycles. The molecular formula is C16H18F2N2O2. The van der Waals surface area contributed by atoms with Crippen molar-refractivity contribution >= 4 is 12.2 Å². The van der Waals surface area contributed by atoms with Gasteiger partial charge in [-0.3, -0.25) is 0 Å². The third-order valence-electron chi connectivity index (χ3n) is 2.49. The molecule has 22 heavy (non-hydrogen) atoms. The molecule has 4 nitrogen and oxygen atoms in total. The van der Waals surface area contributed by atoms with E-state index in [0.717, 1.165) is 12.1 Å². The zero-order chi connectivity index (χ0) is 16.8. The van der Waals surface area contributed by atoms with Gasteiger partial charge in [-0.1, -0.05) is 12.2 Å². The maximum atomic E-state index is 13.1. The third kappa shape index (κ3) is 5.92. The highest BCUT2D eigenvalue weighted by Crippen LogP contribution is 2.16. The predicted molar refractivity (Wildman–Crippen MR) is 79.0 cm³/mol. The van der Waals surface area contributed by atoms with Gasteiger partial charge in [-0.25, -0.2) is 13.6 Å². The van der Waals surface area contributed by atoms with E-state index < -0.39 is 23.3 Å². The van der Waals surface area contributed by atoms with Crippen molar-refractivity contribution in [2.45, 2.75) is 32.8 Å². The molecule has 0 atom stereocenters. The van der Waals surface area contributed by atoms with Crippen molar-refractivity contribution in [3.63, 3.8) is 0 Å². The van der Waals surface area contributed by atoms with Gasteiger partial charge in [0.05, 0.1) is 11.6 Å². The van der Waals surface area contributed by atoms with Crippen LogP contribution in [0.5, 0.6) is 0 Å². The summed E-state index contributed by atoms with van der Waals surface area (Å²) >= 11 is 0. The van der Waals surface area contributed by atoms with Crippen LogP contribution in [0.4, 0.5) is 13.6 Å². The van der Waals surface area contributed by atoms with Crippen LogP contribution in [0.2, 0.25) is 0 Å². The zero-order valence-corrected chi connectivity index (χ0v) is 12.7. The average Bonchev–Trinajstić information content (AvgIpc) is 2.39. The Hall–Kier alpha value is -2.42. The number of alkyl carbamates (subject to hydrolysis) is 1.